The third kappa shape index (κ3) is 4.32. The van der Waals surface area contributed by atoms with Crippen LogP contribution in [0.1, 0.15) is 29.6 Å². The van der Waals surface area contributed by atoms with E-state index in [0.29, 0.717) is 16.3 Å². The molecule has 2 aromatic rings. The van der Waals surface area contributed by atoms with Crippen molar-refractivity contribution >= 4 is 33.2 Å². The summed E-state index contributed by atoms with van der Waals surface area (Å²) >= 11 is 5.81. The molecule has 0 saturated carbocycles. The van der Waals surface area contributed by atoms with Crippen LogP contribution in [0, 0.1) is 0 Å². The Hall–Kier alpha value is -2.05. The van der Waals surface area contributed by atoms with E-state index in [1.165, 1.54) is 12.1 Å². The molecule has 0 atom stereocenters. The lowest BCUT2D eigenvalue weighted by Gasteiger charge is -2.26. The van der Waals surface area contributed by atoms with Gasteiger partial charge in [-0.2, -0.15) is 0 Å². The Morgan fingerprint density at radius 3 is 2.36 bits per heavy atom. The second-order valence-corrected chi connectivity index (χ2v) is 8.11. The van der Waals surface area contributed by atoms with E-state index in [4.69, 9.17) is 11.6 Å². The molecule has 1 fully saturated rings. The van der Waals surface area contributed by atoms with Gasteiger partial charge >= 0.3 is 0 Å². The van der Waals surface area contributed by atoms with Crippen molar-refractivity contribution in [3.05, 3.63) is 59.1 Å². The van der Waals surface area contributed by atoms with Crippen molar-refractivity contribution in [3.63, 3.8) is 0 Å². The van der Waals surface area contributed by atoms with Gasteiger partial charge in [-0.25, -0.2) is 8.42 Å². The van der Waals surface area contributed by atoms with Gasteiger partial charge in [-0.1, -0.05) is 17.7 Å². The topological polar surface area (TPSA) is 66.5 Å². The molecular formula is C18H19ClN2O3S. The number of carbonyl (C=O) groups is 1. The lowest BCUT2D eigenvalue weighted by Crippen LogP contribution is -2.35. The number of piperidine rings is 1. The quantitative estimate of drug-likeness (QED) is 0.880. The number of carbonyl (C=O) groups excluding carboxylic acids is 1. The van der Waals surface area contributed by atoms with Crippen LogP contribution in [0.2, 0.25) is 5.02 Å². The van der Waals surface area contributed by atoms with Crippen LogP contribution in [0.5, 0.6) is 0 Å². The van der Waals surface area contributed by atoms with Gasteiger partial charge in [0.1, 0.15) is 0 Å². The number of nitrogens with one attached hydrogen (secondary N) is 1. The van der Waals surface area contributed by atoms with Gasteiger partial charge in [0, 0.05) is 29.4 Å². The molecule has 132 valence electrons. The zero-order valence-corrected chi connectivity index (χ0v) is 15.2. The molecule has 0 spiro atoms. The number of hydrogen-bond acceptors (Lipinski definition) is 3. The number of hydrogen-bond donors (Lipinski definition) is 1. The van der Waals surface area contributed by atoms with E-state index in [0.717, 1.165) is 32.4 Å². The molecule has 1 heterocycles. The van der Waals surface area contributed by atoms with Crippen molar-refractivity contribution in [1.29, 1.82) is 0 Å². The first kappa shape index (κ1) is 17.8. The zero-order valence-electron chi connectivity index (χ0n) is 13.6. The SMILES string of the molecule is O=C(c1cccc(S(=O)(=O)Nc2ccc(Cl)cc2)c1)N1CCCCC1. The third-order valence-electron chi connectivity index (χ3n) is 4.13. The Balaban J connectivity index is 1.82. The van der Waals surface area contributed by atoms with E-state index in [2.05, 4.69) is 4.72 Å². The van der Waals surface area contributed by atoms with Crippen molar-refractivity contribution in [3.8, 4) is 0 Å². The van der Waals surface area contributed by atoms with Gasteiger partial charge in [0.2, 0.25) is 0 Å². The summed E-state index contributed by atoms with van der Waals surface area (Å²) in [6, 6.07) is 12.5. The molecule has 0 aliphatic carbocycles. The highest BCUT2D eigenvalue weighted by Crippen LogP contribution is 2.20. The Morgan fingerprint density at radius 1 is 1.00 bits per heavy atom. The van der Waals surface area contributed by atoms with Crippen LogP contribution in [0.15, 0.2) is 53.4 Å². The molecule has 3 rings (SSSR count). The molecule has 5 nitrogen and oxygen atoms in total. The van der Waals surface area contributed by atoms with E-state index in [1.807, 2.05) is 0 Å². The molecule has 0 radical (unpaired) electrons. The van der Waals surface area contributed by atoms with Crippen molar-refractivity contribution in [1.82, 2.24) is 4.90 Å². The fourth-order valence-corrected chi connectivity index (χ4v) is 4.04. The smallest absolute Gasteiger partial charge is 0.261 e. The van der Waals surface area contributed by atoms with Gasteiger partial charge in [-0.15, -0.1) is 0 Å². The van der Waals surface area contributed by atoms with Gasteiger partial charge in [0.05, 0.1) is 4.90 Å². The predicted octanol–water partition coefficient (Wildman–Crippen LogP) is 3.77. The highest BCUT2D eigenvalue weighted by molar-refractivity contribution is 7.92. The largest absolute Gasteiger partial charge is 0.339 e. The van der Waals surface area contributed by atoms with Gasteiger partial charge < -0.3 is 4.90 Å². The minimum Gasteiger partial charge on any atom is -0.339 e. The summed E-state index contributed by atoms with van der Waals surface area (Å²) in [7, 11) is -3.78. The number of sulfonamides is 1. The van der Waals surface area contributed by atoms with Crippen molar-refractivity contribution < 1.29 is 13.2 Å². The summed E-state index contributed by atoms with van der Waals surface area (Å²) in [4.78, 5) is 14.4. The molecule has 0 aromatic heterocycles. The Kier molecular flexibility index (Phi) is 5.30. The van der Waals surface area contributed by atoms with E-state index in [1.54, 1.807) is 41.3 Å². The predicted molar refractivity (Wildman–Crippen MR) is 98.5 cm³/mol. The van der Waals surface area contributed by atoms with Crippen LogP contribution in [0.4, 0.5) is 5.69 Å². The second kappa shape index (κ2) is 7.45. The van der Waals surface area contributed by atoms with Gasteiger partial charge in [0.25, 0.3) is 15.9 Å². The first-order chi connectivity index (χ1) is 12.0. The summed E-state index contributed by atoms with van der Waals surface area (Å²) in [5, 5.41) is 0.525. The lowest BCUT2D eigenvalue weighted by atomic mass is 10.1. The summed E-state index contributed by atoms with van der Waals surface area (Å²) < 4.78 is 27.6. The number of anilines is 1. The number of benzene rings is 2. The molecule has 0 bridgehead atoms. The van der Waals surface area contributed by atoms with Crippen molar-refractivity contribution in [2.24, 2.45) is 0 Å². The average molecular weight is 379 g/mol. The highest BCUT2D eigenvalue weighted by atomic mass is 35.5. The summed E-state index contributed by atoms with van der Waals surface area (Å²) in [6.45, 7) is 1.44. The number of amides is 1. The number of halogens is 1. The first-order valence-electron chi connectivity index (χ1n) is 8.13. The van der Waals surface area contributed by atoms with Crippen LogP contribution in [0.25, 0.3) is 0 Å². The molecule has 0 unspecified atom stereocenters. The van der Waals surface area contributed by atoms with Crippen LogP contribution in [-0.4, -0.2) is 32.3 Å². The van der Waals surface area contributed by atoms with Crippen LogP contribution < -0.4 is 4.72 Å². The number of likely N-dealkylation sites (tertiary alicyclic amines) is 1. The second-order valence-electron chi connectivity index (χ2n) is 5.99. The highest BCUT2D eigenvalue weighted by Gasteiger charge is 2.21. The maximum atomic E-state index is 12.6. The molecule has 1 N–H and O–H groups in total. The Bertz CT molecular complexity index is 860. The minimum atomic E-state index is -3.78. The monoisotopic (exact) mass is 378 g/mol. The molecule has 25 heavy (non-hydrogen) atoms. The molecule has 1 saturated heterocycles. The number of rotatable bonds is 4. The minimum absolute atomic E-state index is 0.0605. The van der Waals surface area contributed by atoms with Crippen LogP contribution >= 0.6 is 11.6 Å². The van der Waals surface area contributed by atoms with Gasteiger partial charge in [-0.3, -0.25) is 9.52 Å². The van der Waals surface area contributed by atoms with Crippen molar-refractivity contribution in [2.75, 3.05) is 17.8 Å². The average Bonchev–Trinajstić information content (AvgIpc) is 2.64. The summed E-state index contributed by atoms with van der Waals surface area (Å²) in [5.74, 6) is -0.122. The van der Waals surface area contributed by atoms with Gasteiger partial charge in [-0.05, 0) is 61.7 Å². The first-order valence-corrected chi connectivity index (χ1v) is 9.99. The standard InChI is InChI=1S/C18H19ClN2O3S/c19-15-7-9-16(10-8-15)20-25(23,24)17-6-4-5-14(13-17)18(22)21-11-2-1-3-12-21/h4-10,13,20H,1-3,11-12H2. The fourth-order valence-electron chi connectivity index (χ4n) is 2.81. The summed E-state index contributed by atoms with van der Waals surface area (Å²) in [5.41, 5.74) is 0.804. The Labute approximate surface area is 152 Å². The van der Waals surface area contributed by atoms with Gasteiger partial charge in [0.15, 0.2) is 0 Å². The zero-order chi connectivity index (χ0) is 17.9. The maximum Gasteiger partial charge on any atom is 0.261 e. The van der Waals surface area contributed by atoms with E-state index >= 15 is 0 Å². The lowest BCUT2D eigenvalue weighted by molar-refractivity contribution is 0.0724. The normalized spacial score (nSPS) is 15.0. The van der Waals surface area contributed by atoms with Crippen LogP contribution in [0.3, 0.4) is 0 Å². The molecule has 7 heteroatoms. The van der Waals surface area contributed by atoms with E-state index < -0.39 is 10.0 Å². The summed E-state index contributed by atoms with van der Waals surface area (Å²) in [6.07, 6.45) is 3.10. The van der Waals surface area contributed by atoms with E-state index in [9.17, 15) is 13.2 Å². The van der Waals surface area contributed by atoms with Crippen molar-refractivity contribution in [2.45, 2.75) is 24.2 Å². The van der Waals surface area contributed by atoms with Crippen LogP contribution in [-0.2, 0) is 10.0 Å². The Morgan fingerprint density at radius 2 is 1.68 bits per heavy atom. The fraction of sp³-hybridized carbons (Fsp3) is 0.278. The molecule has 2 aromatic carbocycles. The number of nitrogens with zero attached hydrogens (tertiary/aromatic N) is 1. The molecule has 1 amide bonds. The third-order valence-corrected chi connectivity index (χ3v) is 5.76. The molecule has 1 aliphatic rings. The molecular weight excluding hydrogens is 360 g/mol. The van der Waals surface area contributed by atoms with E-state index in [-0.39, 0.29) is 10.8 Å². The maximum absolute atomic E-state index is 12.6. The molecule has 1 aliphatic heterocycles.